The lowest BCUT2D eigenvalue weighted by molar-refractivity contribution is 0.659. The molecule has 0 aliphatic rings. The molecule has 0 radical (unpaired) electrons. The first-order valence-electron chi connectivity index (χ1n) is 6.66. The molecular weight excluding hydrogens is 288 g/mol. The number of para-hydroxylation sites is 1. The molecule has 2 aromatic heterocycles. The van der Waals surface area contributed by atoms with Crippen molar-refractivity contribution < 1.29 is 0 Å². The van der Waals surface area contributed by atoms with Crippen molar-refractivity contribution in [2.75, 3.05) is 5.32 Å². The molecule has 3 aromatic rings. The summed E-state index contributed by atoms with van der Waals surface area (Å²) in [4.78, 5) is 3.97. The molecule has 0 aliphatic heterocycles. The highest BCUT2D eigenvalue weighted by Crippen LogP contribution is 2.28. The zero-order chi connectivity index (χ0) is 14.7. The fourth-order valence-corrected chi connectivity index (χ4v) is 2.34. The van der Waals surface area contributed by atoms with Crippen molar-refractivity contribution in [1.29, 1.82) is 0 Å². The number of halogens is 1. The maximum absolute atomic E-state index is 6.28. The summed E-state index contributed by atoms with van der Waals surface area (Å²) in [7, 11) is 0. The van der Waals surface area contributed by atoms with Crippen molar-refractivity contribution in [3.8, 4) is 5.69 Å². The van der Waals surface area contributed by atoms with E-state index in [0.717, 1.165) is 23.5 Å². The Morgan fingerprint density at radius 3 is 2.90 bits per heavy atom. The van der Waals surface area contributed by atoms with Gasteiger partial charge < -0.3 is 5.32 Å². The predicted molar refractivity (Wildman–Crippen MR) is 81.6 cm³/mol. The first-order chi connectivity index (χ1) is 10.3. The fraction of sp³-hybridized carbons (Fsp3) is 0.214. The number of nitrogens with zero attached hydrogens (tertiary/aromatic N) is 5. The van der Waals surface area contributed by atoms with E-state index in [2.05, 4.69) is 27.4 Å². The molecule has 0 saturated carbocycles. The Balaban J connectivity index is 1.84. The minimum atomic E-state index is 0.620. The van der Waals surface area contributed by atoms with E-state index in [4.69, 9.17) is 11.6 Å². The van der Waals surface area contributed by atoms with Crippen LogP contribution in [0, 0.1) is 0 Å². The molecular formula is C14H15ClN6. The third kappa shape index (κ3) is 2.90. The maximum Gasteiger partial charge on any atom is 0.138 e. The molecule has 0 amide bonds. The second kappa shape index (κ2) is 5.97. The number of rotatable bonds is 5. The zero-order valence-corrected chi connectivity index (χ0v) is 12.3. The number of hydrogen-bond acceptors (Lipinski definition) is 4. The summed E-state index contributed by atoms with van der Waals surface area (Å²) >= 11 is 6.28. The van der Waals surface area contributed by atoms with Crippen LogP contribution < -0.4 is 5.32 Å². The third-order valence-corrected chi connectivity index (χ3v) is 3.43. The average Bonchev–Trinajstić information content (AvgIpc) is 3.16. The standard InChI is InChI=1S/C14H15ClN6/c1-2-20-8-11(7-18-20)6-17-13-5-3-4-12(15)14(13)21-10-16-9-19-21/h3-5,7-10,17H,2,6H2,1H3. The molecule has 0 bridgehead atoms. The Bertz CT molecular complexity index is 719. The van der Waals surface area contributed by atoms with Crippen molar-refractivity contribution in [3.05, 3.63) is 53.8 Å². The van der Waals surface area contributed by atoms with Crippen molar-refractivity contribution >= 4 is 17.3 Å². The normalized spacial score (nSPS) is 10.8. The Hall–Kier alpha value is -2.34. The first kappa shape index (κ1) is 13.6. The third-order valence-electron chi connectivity index (χ3n) is 3.13. The smallest absolute Gasteiger partial charge is 0.138 e. The molecule has 2 heterocycles. The largest absolute Gasteiger partial charge is 0.379 e. The highest BCUT2D eigenvalue weighted by molar-refractivity contribution is 6.33. The van der Waals surface area contributed by atoms with E-state index in [1.54, 1.807) is 11.0 Å². The van der Waals surface area contributed by atoms with Crippen molar-refractivity contribution in [2.45, 2.75) is 20.0 Å². The van der Waals surface area contributed by atoms with Gasteiger partial charge in [-0.15, -0.1) is 0 Å². The SMILES string of the molecule is CCn1cc(CNc2cccc(Cl)c2-n2cncn2)cn1. The van der Waals surface area contributed by atoms with Crippen molar-refractivity contribution in [2.24, 2.45) is 0 Å². The van der Waals surface area contributed by atoms with Gasteiger partial charge in [0.2, 0.25) is 0 Å². The summed E-state index contributed by atoms with van der Waals surface area (Å²) in [6, 6.07) is 5.70. The Kier molecular flexibility index (Phi) is 3.87. The summed E-state index contributed by atoms with van der Waals surface area (Å²) < 4.78 is 3.55. The van der Waals surface area contributed by atoms with Crippen LogP contribution in [0.15, 0.2) is 43.2 Å². The summed E-state index contributed by atoms with van der Waals surface area (Å²) in [5.41, 5.74) is 2.80. The summed E-state index contributed by atoms with van der Waals surface area (Å²) in [5.74, 6) is 0. The molecule has 1 aromatic carbocycles. The van der Waals surface area contributed by atoms with Gasteiger partial charge in [-0.25, -0.2) is 9.67 Å². The van der Waals surface area contributed by atoms with Crippen LogP contribution in [0.3, 0.4) is 0 Å². The van der Waals surface area contributed by atoms with E-state index in [0.29, 0.717) is 11.6 Å². The number of aromatic nitrogens is 5. The minimum Gasteiger partial charge on any atom is -0.379 e. The summed E-state index contributed by atoms with van der Waals surface area (Å²) in [6.07, 6.45) is 6.99. The van der Waals surface area contributed by atoms with Crippen LogP contribution in [-0.4, -0.2) is 24.5 Å². The van der Waals surface area contributed by atoms with Gasteiger partial charge in [-0.05, 0) is 19.1 Å². The zero-order valence-electron chi connectivity index (χ0n) is 11.6. The van der Waals surface area contributed by atoms with Gasteiger partial charge >= 0.3 is 0 Å². The van der Waals surface area contributed by atoms with Gasteiger partial charge in [0, 0.05) is 24.8 Å². The molecule has 1 N–H and O–H groups in total. The van der Waals surface area contributed by atoms with Crippen LogP contribution in [0.4, 0.5) is 5.69 Å². The van der Waals surface area contributed by atoms with Crippen LogP contribution in [0.5, 0.6) is 0 Å². The van der Waals surface area contributed by atoms with E-state index >= 15 is 0 Å². The van der Waals surface area contributed by atoms with Gasteiger partial charge in [0.25, 0.3) is 0 Å². The maximum atomic E-state index is 6.28. The molecule has 6 nitrogen and oxygen atoms in total. The Morgan fingerprint density at radius 2 is 2.19 bits per heavy atom. The van der Waals surface area contributed by atoms with E-state index in [-0.39, 0.29) is 0 Å². The van der Waals surface area contributed by atoms with Gasteiger partial charge in [-0.2, -0.15) is 10.2 Å². The lowest BCUT2D eigenvalue weighted by Crippen LogP contribution is -2.05. The second-order valence-corrected chi connectivity index (χ2v) is 4.94. The number of aryl methyl sites for hydroxylation is 1. The van der Waals surface area contributed by atoms with Crippen LogP contribution in [0.2, 0.25) is 5.02 Å². The van der Waals surface area contributed by atoms with Crippen LogP contribution >= 0.6 is 11.6 Å². The number of anilines is 1. The molecule has 0 atom stereocenters. The van der Waals surface area contributed by atoms with Gasteiger partial charge in [-0.1, -0.05) is 17.7 Å². The Labute approximate surface area is 127 Å². The molecule has 108 valence electrons. The van der Waals surface area contributed by atoms with Crippen molar-refractivity contribution in [3.63, 3.8) is 0 Å². The van der Waals surface area contributed by atoms with Crippen LogP contribution in [-0.2, 0) is 13.1 Å². The second-order valence-electron chi connectivity index (χ2n) is 4.53. The molecule has 21 heavy (non-hydrogen) atoms. The fourth-order valence-electron chi connectivity index (χ4n) is 2.08. The monoisotopic (exact) mass is 302 g/mol. The summed E-state index contributed by atoms with van der Waals surface area (Å²) in [5, 5.41) is 12.4. The highest BCUT2D eigenvalue weighted by atomic mass is 35.5. The minimum absolute atomic E-state index is 0.620. The Morgan fingerprint density at radius 1 is 1.29 bits per heavy atom. The molecule has 0 fully saturated rings. The molecule has 0 spiro atoms. The number of benzene rings is 1. The van der Waals surface area contributed by atoms with Gasteiger partial charge in [0.1, 0.15) is 18.3 Å². The molecule has 3 rings (SSSR count). The van der Waals surface area contributed by atoms with Gasteiger partial charge in [-0.3, -0.25) is 4.68 Å². The van der Waals surface area contributed by atoms with Gasteiger partial charge in [0.15, 0.2) is 0 Å². The molecule has 0 aliphatic carbocycles. The first-order valence-corrected chi connectivity index (χ1v) is 7.04. The van der Waals surface area contributed by atoms with Crippen LogP contribution in [0.25, 0.3) is 5.69 Å². The lowest BCUT2D eigenvalue weighted by Gasteiger charge is -2.12. The van der Waals surface area contributed by atoms with E-state index < -0.39 is 0 Å². The van der Waals surface area contributed by atoms with Crippen molar-refractivity contribution in [1.82, 2.24) is 24.5 Å². The number of nitrogens with one attached hydrogen (secondary N) is 1. The van der Waals surface area contributed by atoms with E-state index in [1.165, 1.54) is 6.33 Å². The van der Waals surface area contributed by atoms with E-state index in [1.807, 2.05) is 35.3 Å². The summed E-state index contributed by atoms with van der Waals surface area (Å²) in [6.45, 7) is 3.59. The van der Waals surface area contributed by atoms with Gasteiger partial charge in [0.05, 0.1) is 16.9 Å². The highest BCUT2D eigenvalue weighted by Gasteiger charge is 2.10. The molecule has 0 saturated heterocycles. The van der Waals surface area contributed by atoms with E-state index in [9.17, 15) is 0 Å². The quantitative estimate of drug-likeness (QED) is 0.787. The predicted octanol–water partition coefficient (Wildman–Crippen LogP) is 2.75. The topological polar surface area (TPSA) is 60.6 Å². The van der Waals surface area contributed by atoms with Crippen LogP contribution in [0.1, 0.15) is 12.5 Å². The average molecular weight is 303 g/mol. The molecule has 7 heteroatoms. The lowest BCUT2D eigenvalue weighted by atomic mass is 10.2. The molecule has 0 unspecified atom stereocenters. The number of hydrogen-bond donors (Lipinski definition) is 1.